The van der Waals surface area contributed by atoms with Crippen LogP contribution in [-0.4, -0.2) is 42.2 Å². The molecule has 1 aromatic rings. The predicted molar refractivity (Wildman–Crippen MR) is 72.8 cm³/mol. The van der Waals surface area contributed by atoms with Crippen molar-refractivity contribution in [2.75, 3.05) is 26.7 Å². The second-order valence-corrected chi connectivity index (χ2v) is 5.22. The molecule has 1 aliphatic heterocycles. The molecule has 100 valence electrons. The van der Waals surface area contributed by atoms with Gasteiger partial charge in [-0.25, -0.2) is 4.98 Å². The van der Waals surface area contributed by atoms with Crippen molar-refractivity contribution in [1.82, 2.24) is 15.2 Å². The number of nitrogens with zero attached hydrogens (tertiary/aromatic N) is 2. The molecular weight excluding hydrogens is 226 g/mol. The first-order valence-electron chi connectivity index (χ1n) is 6.62. The summed E-state index contributed by atoms with van der Waals surface area (Å²) < 4.78 is 5.31. The van der Waals surface area contributed by atoms with Crippen molar-refractivity contribution in [2.24, 2.45) is 0 Å². The summed E-state index contributed by atoms with van der Waals surface area (Å²) in [5.41, 5.74) is 1.40. The first-order chi connectivity index (χ1) is 8.67. The first-order valence-corrected chi connectivity index (χ1v) is 6.62. The highest BCUT2D eigenvalue weighted by atomic mass is 16.5. The number of nitrogens with one attached hydrogen (secondary N) is 1. The Morgan fingerprint density at radius 2 is 2.39 bits per heavy atom. The number of pyridine rings is 1. The maximum Gasteiger partial charge on any atom is 0.217 e. The van der Waals surface area contributed by atoms with E-state index in [1.807, 2.05) is 6.07 Å². The topological polar surface area (TPSA) is 37.4 Å². The average Bonchev–Trinajstić information content (AvgIpc) is 2.39. The highest BCUT2D eigenvalue weighted by Gasteiger charge is 2.28. The lowest BCUT2D eigenvalue weighted by Gasteiger charge is -2.41. The van der Waals surface area contributed by atoms with E-state index in [2.05, 4.69) is 35.1 Å². The summed E-state index contributed by atoms with van der Waals surface area (Å²) in [6.45, 7) is 8.64. The Morgan fingerprint density at radius 3 is 3.11 bits per heavy atom. The Hall–Kier alpha value is -1.13. The van der Waals surface area contributed by atoms with E-state index >= 15 is 0 Å². The van der Waals surface area contributed by atoms with E-state index in [1.165, 1.54) is 5.56 Å². The smallest absolute Gasteiger partial charge is 0.217 e. The van der Waals surface area contributed by atoms with Crippen LogP contribution >= 0.6 is 0 Å². The molecule has 0 spiro atoms. The van der Waals surface area contributed by atoms with Crippen LogP contribution in [0.5, 0.6) is 5.88 Å². The van der Waals surface area contributed by atoms with Crippen molar-refractivity contribution in [3.63, 3.8) is 0 Å². The van der Waals surface area contributed by atoms with E-state index in [-0.39, 0.29) is 5.54 Å². The Morgan fingerprint density at radius 1 is 1.56 bits per heavy atom. The Bertz CT molecular complexity index is 396. The SMILES string of the molecule is CCC1(C)CN(Cc2cccnc2OC)CCN1. The third kappa shape index (κ3) is 3.00. The van der Waals surface area contributed by atoms with E-state index in [4.69, 9.17) is 4.74 Å². The number of aromatic nitrogens is 1. The monoisotopic (exact) mass is 249 g/mol. The molecule has 0 saturated carbocycles. The summed E-state index contributed by atoms with van der Waals surface area (Å²) in [6.07, 6.45) is 2.92. The quantitative estimate of drug-likeness (QED) is 0.880. The molecule has 1 unspecified atom stereocenters. The first kappa shape index (κ1) is 13.3. The molecule has 0 aliphatic carbocycles. The molecule has 1 N–H and O–H groups in total. The number of hydrogen-bond donors (Lipinski definition) is 1. The molecular formula is C14H23N3O. The largest absolute Gasteiger partial charge is 0.481 e. The van der Waals surface area contributed by atoms with Gasteiger partial charge in [-0.05, 0) is 19.4 Å². The van der Waals surface area contributed by atoms with Gasteiger partial charge in [0.15, 0.2) is 0 Å². The molecule has 0 aromatic carbocycles. The fourth-order valence-electron chi connectivity index (χ4n) is 2.49. The molecule has 1 aliphatic rings. The minimum atomic E-state index is 0.230. The number of rotatable bonds is 4. The van der Waals surface area contributed by atoms with Gasteiger partial charge in [0.05, 0.1) is 7.11 Å². The van der Waals surface area contributed by atoms with Gasteiger partial charge in [0.25, 0.3) is 0 Å². The van der Waals surface area contributed by atoms with Crippen molar-refractivity contribution in [3.05, 3.63) is 23.9 Å². The maximum absolute atomic E-state index is 5.31. The molecule has 0 amide bonds. The number of ether oxygens (including phenoxy) is 1. The van der Waals surface area contributed by atoms with E-state index < -0.39 is 0 Å². The average molecular weight is 249 g/mol. The zero-order valence-electron chi connectivity index (χ0n) is 11.6. The molecule has 0 bridgehead atoms. The van der Waals surface area contributed by atoms with Crippen LogP contribution in [0.4, 0.5) is 0 Å². The molecule has 2 heterocycles. The summed E-state index contributed by atoms with van der Waals surface area (Å²) in [6, 6.07) is 4.07. The molecule has 4 nitrogen and oxygen atoms in total. The van der Waals surface area contributed by atoms with Crippen LogP contribution in [-0.2, 0) is 6.54 Å². The summed E-state index contributed by atoms with van der Waals surface area (Å²) in [7, 11) is 1.68. The fraction of sp³-hybridized carbons (Fsp3) is 0.643. The van der Waals surface area contributed by atoms with Crippen LogP contribution in [0, 0.1) is 0 Å². The summed E-state index contributed by atoms with van der Waals surface area (Å²) in [4.78, 5) is 6.73. The lowest BCUT2D eigenvalue weighted by atomic mass is 9.95. The fourth-order valence-corrected chi connectivity index (χ4v) is 2.49. The van der Waals surface area contributed by atoms with Gasteiger partial charge in [0.1, 0.15) is 0 Å². The highest BCUT2D eigenvalue weighted by molar-refractivity contribution is 5.25. The zero-order chi connectivity index (χ0) is 13.0. The van der Waals surface area contributed by atoms with Crippen LogP contribution in [0.15, 0.2) is 18.3 Å². The minimum Gasteiger partial charge on any atom is -0.481 e. The van der Waals surface area contributed by atoms with E-state index in [0.29, 0.717) is 0 Å². The number of hydrogen-bond acceptors (Lipinski definition) is 4. The molecule has 1 fully saturated rings. The van der Waals surface area contributed by atoms with Crippen molar-refractivity contribution < 1.29 is 4.74 Å². The molecule has 1 saturated heterocycles. The summed E-state index contributed by atoms with van der Waals surface area (Å²) in [5, 5.41) is 3.60. The van der Waals surface area contributed by atoms with Crippen LogP contribution in [0.1, 0.15) is 25.8 Å². The van der Waals surface area contributed by atoms with Gasteiger partial charge >= 0.3 is 0 Å². The van der Waals surface area contributed by atoms with Gasteiger partial charge in [-0.3, -0.25) is 4.90 Å². The van der Waals surface area contributed by atoms with Crippen molar-refractivity contribution in [3.8, 4) is 5.88 Å². The molecule has 1 atom stereocenters. The molecule has 18 heavy (non-hydrogen) atoms. The highest BCUT2D eigenvalue weighted by Crippen LogP contribution is 2.20. The van der Waals surface area contributed by atoms with Crippen LogP contribution in [0.3, 0.4) is 0 Å². The lowest BCUT2D eigenvalue weighted by Crippen LogP contribution is -2.58. The normalized spacial score (nSPS) is 25.1. The minimum absolute atomic E-state index is 0.230. The molecule has 4 heteroatoms. The number of methoxy groups -OCH3 is 1. The zero-order valence-corrected chi connectivity index (χ0v) is 11.6. The van der Waals surface area contributed by atoms with Gasteiger partial charge < -0.3 is 10.1 Å². The molecule has 1 aromatic heterocycles. The summed E-state index contributed by atoms with van der Waals surface area (Å²) in [5.74, 6) is 0.745. The molecule has 0 radical (unpaired) electrons. The van der Waals surface area contributed by atoms with Crippen LogP contribution in [0.25, 0.3) is 0 Å². The Kier molecular flexibility index (Phi) is 4.19. The van der Waals surface area contributed by atoms with E-state index in [0.717, 1.165) is 38.5 Å². The van der Waals surface area contributed by atoms with Crippen molar-refractivity contribution >= 4 is 0 Å². The Labute approximate surface area is 109 Å². The van der Waals surface area contributed by atoms with Gasteiger partial charge in [-0.2, -0.15) is 0 Å². The second-order valence-electron chi connectivity index (χ2n) is 5.22. The van der Waals surface area contributed by atoms with E-state index in [9.17, 15) is 0 Å². The molecule has 2 rings (SSSR count). The van der Waals surface area contributed by atoms with Gasteiger partial charge in [-0.15, -0.1) is 0 Å². The standard InChI is InChI=1S/C14H23N3O/c1-4-14(2)11-17(9-8-16-14)10-12-6-5-7-15-13(12)18-3/h5-7,16H,4,8-11H2,1-3H3. The maximum atomic E-state index is 5.31. The van der Waals surface area contributed by atoms with Crippen LogP contribution < -0.4 is 10.1 Å². The van der Waals surface area contributed by atoms with Crippen molar-refractivity contribution in [2.45, 2.75) is 32.4 Å². The van der Waals surface area contributed by atoms with E-state index in [1.54, 1.807) is 13.3 Å². The predicted octanol–water partition coefficient (Wildman–Crippen LogP) is 1.66. The number of piperazine rings is 1. The van der Waals surface area contributed by atoms with Crippen LogP contribution in [0.2, 0.25) is 0 Å². The third-order valence-corrected chi connectivity index (χ3v) is 3.77. The van der Waals surface area contributed by atoms with Gasteiger partial charge in [-0.1, -0.05) is 13.0 Å². The van der Waals surface area contributed by atoms with Crippen molar-refractivity contribution in [1.29, 1.82) is 0 Å². The van der Waals surface area contributed by atoms with Gasteiger partial charge in [0.2, 0.25) is 5.88 Å². The second kappa shape index (κ2) is 5.67. The Balaban J connectivity index is 2.05. The van der Waals surface area contributed by atoms with Gasteiger partial charge in [0, 0.05) is 43.5 Å². The summed E-state index contributed by atoms with van der Waals surface area (Å²) >= 11 is 0. The lowest BCUT2D eigenvalue weighted by molar-refractivity contribution is 0.132. The third-order valence-electron chi connectivity index (χ3n) is 3.77.